The highest BCUT2D eigenvalue weighted by Gasteiger charge is 2.24. The molecule has 0 heterocycles. The molecule has 154 valence electrons. The Labute approximate surface area is 167 Å². The molecule has 0 bridgehead atoms. The van der Waals surface area contributed by atoms with Gasteiger partial charge >= 0.3 is 5.97 Å². The topological polar surface area (TPSA) is 171 Å². The molecule has 7 N–H and O–H groups in total. The second kappa shape index (κ2) is 12.0. The van der Waals surface area contributed by atoms with E-state index in [-0.39, 0.29) is 12.2 Å². The highest BCUT2D eigenvalue weighted by molar-refractivity contribution is 7.80. The molecule has 1 aromatic rings. The predicted molar refractivity (Wildman–Crippen MR) is 104 cm³/mol. The highest BCUT2D eigenvalue weighted by Crippen LogP contribution is 2.03. The van der Waals surface area contributed by atoms with E-state index in [1.54, 1.807) is 30.3 Å². The molecule has 1 rings (SSSR count). The number of hydrogen-bond acceptors (Lipinski definition) is 7. The Morgan fingerprint density at radius 1 is 1.04 bits per heavy atom. The molecule has 0 aromatic heterocycles. The minimum atomic E-state index is -1.21. The average Bonchev–Trinajstić information content (AvgIpc) is 2.69. The summed E-state index contributed by atoms with van der Waals surface area (Å²) in [5, 5.41) is 25.0. The summed E-state index contributed by atoms with van der Waals surface area (Å²) in [6.07, 6.45) is 0.0875. The smallest absolute Gasteiger partial charge is 0.326 e. The predicted octanol–water partition coefficient (Wildman–Crippen LogP) is -2.35. The van der Waals surface area contributed by atoms with Gasteiger partial charge < -0.3 is 31.9 Å². The number of nitrogens with one attached hydrogen (secondary N) is 3. The first-order valence-corrected chi connectivity index (χ1v) is 9.03. The maximum atomic E-state index is 12.1. The SMILES string of the molecule is NC(CO)C(=O)NC(CS)C(=O)NCC(=O)NC(Cc1ccccc1)C(=O)O. The number of carbonyl (C=O) groups is 4. The van der Waals surface area contributed by atoms with E-state index in [1.807, 2.05) is 0 Å². The van der Waals surface area contributed by atoms with Crippen molar-refractivity contribution in [1.29, 1.82) is 0 Å². The third-order valence-electron chi connectivity index (χ3n) is 3.69. The van der Waals surface area contributed by atoms with Gasteiger partial charge in [-0.3, -0.25) is 14.4 Å². The largest absolute Gasteiger partial charge is 0.480 e. The lowest BCUT2D eigenvalue weighted by Crippen LogP contribution is -2.55. The van der Waals surface area contributed by atoms with Crippen molar-refractivity contribution >= 4 is 36.3 Å². The van der Waals surface area contributed by atoms with Gasteiger partial charge in [-0.15, -0.1) is 0 Å². The van der Waals surface area contributed by atoms with Gasteiger partial charge in [-0.2, -0.15) is 12.6 Å². The van der Waals surface area contributed by atoms with Crippen LogP contribution in [0, 0.1) is 0 Å². The molecule has 0 radical (unpaired) electrons. The lowest BCUT2D eigenvalue weighted by molar-refractivity contribution is -0.141. The fourth-order valence-electron chi connectivity index (χ4n) is 2.14. The molecule has 0 aliphatic rings. The molecule has 0 saturated carbocycles. The van der Waals surface area contributed by atoms with Crippen LogP contribution < -0.4 is 21.7 Å². The molecule has 0 fully saturated rings. The third-order valence-corrected chi connectivity index (χ3v) is 4.05. The van der Waals surface area contributed by atoms with Gasteiger partial charge in [-0.05, 0) is 5.56 Å². The second-order valence-corrected chi connectivity index (χ2v) is 6.26. The summed E-state index contributed by atoms with van der Waals surface area (Å²) in [7, 11) is 0. The van der Waals surface area contributed by atoms with Crippen LogP contribution in [-0.2, 0) is 25.6 Å². The number of carboxylic acid groups (broad SMARTS) is 1. The first-order chi connectivity index (χ1) is 13.3. The van der Waals surface area contributed by atoms with Gasteiger partial charge in [-0.25, -0.2) is 4.79 Å². The molecule has 3 unspecified atom stereocenters. The van der Waals surface area contributed by atoms with E-state index in [1.165, 1.54) is 0 Å². The molecule has 0 spiro atoms. The minimum Gasteiger partial charge on any atom is -0.480 e. The molecule has 10 nitrogen and oxygen atoms in total. The number of aliphatic hydroxyl groups excluding tert-OH is 1. The van der Waals surface area contributed by atoms with Crippen LogP contribution in [0.15, 0.2) is 30.3 Å². The third kappa shape index (κ3) is 7.94. The van der Waals surface area contributed by atoms with Crippen molar-refractivity contribution in [3.8, 4) is 0 Å². The van der Waals surface area contributed by atoms with Gasteiger partial charge in [0.1, 0.15) is 18.1 Å². The molecule has 28 heavy (non-hydrogen) atoms. The summed E-state index contributed by atoms with van der Waals surface area (Å²) in [5.41, 5.74) is 6.08. The van der Waals surface area contributed by atoms with Crippen LogP contribution in [0.5, 0.6) is 0 Å². The molecule has 0 aliphatic carbocycles. The Morgan fingerprint density at radius 3 is 2.21 bits per heavy atom. The monoisotopic (exact) mass is 412 g/mol. The van der Waals surface area contributed by atoms with Gasteiger partial charge in [0, 0.05) is 12.2 Å². The maximum absolute atomic E-state index is 12.1. The first kappa shape index (κ1) is 23.4. The van der Waals surface area contributed by atoms with Gasteiger partial charge in [-0.1, -0.05) is 30.3 Å². The zero-order chi connectivity index (χ0) is 21.1. The number of carboxylic acids is 1. The van der Waals surface area contributed by atoms with Gasteiger partial charge in [0.25, 0.3) is 0 Å². The molecular formula is C17H24N4O6S. The van der Waals surface area contributed by atoms with Crippen molar-refractivity contribution in [2.75, 3.05) is 18.9 Å². The molecule has 0 saturated heterocycles. The Bertz CT molecular complexity index is 687. The van der Waals surface area contributed by atoms with Crippen molar-refractivity contribution in [3.63, 3.8) is 0 Å². The van der Waals surface area contributed by atoms with Crippen LogP contribution in [0.1, 0.15) is 5.56 Å². The van der Waals surface area contributed by atoms with Crippen LogP contribution in [0.2, 0.25) is 0 Å². The summed E-state index contributed by atoms with van der Waals surface area (Å²) in [5.74, 6) is -3.41. The fraction of sp³-hybridized carbons (Fsp3) is 0.412. The first-order valence-electron chi connectivity index (χ1n) is 8.40. The summed E-state index contributed by atoms with van der Waals surface area (Å²) < 4.78 is 0. The van der Waals surface area contributed by atoms with Crippen LogP contribution in [0.3, 0.4) is 0 Å². The van der Waals surface area contributed by atoms with Gasteiger partial charge in [0.15, 0.2) is 0 Å². The normalized spacial score (nSPS) is 13.7. The number of benzene rings is 1. The molecule has 11 heteroatoms. The number of aliphatic carboxylic acids is 1. The van der Waals surface area contributed by atoms with Gasteiger partial charge in [0.2, 0.25) is 17.7 Å². The Hall–Kier alpha value is -2.63. The Kier molecular flexibility index (Phi) is 9.99. The number of aliphatic hydroxyl groups is 1. The Morgan fingerprint density at radius 2 is 1.68 bits per heavy atom. The summed E-state index contributed by atoms with van der Waals surface area (Å²) >= 11 is 3.95. The fourth-order valence-corrected chi connectivity index (χ4v) is 2.40. The van der Waals surface area contributed by atoms with Crippen molar-refractivity contribution in [2.24, 2.45) is 5.73 Å². The van der Waals surface area contributed by atoms with E-state index in [2.05, 4.69) is 28.6 Å². The zero-order valence-electron chi connectivity index (χ0n) is 15.0. The van der Waals surface area contributed by atoms with E-state index in [0.29, 0.717) is 0 Å². The maximum Gasteiger partial charge on any atom is 0.326 e. The summed E-state index contributed by atoms with van der Waals surface area (Å²) in [6.45, 7) is -1.07. The number of thiol groups is 1. The minimum absolute atomic E-state index is 0.0664. The van der Waals surface area contributed by atoms with E-state index >= 15 is 0 Å². The summed E-state index contributed by atoms with van der Waals surface area (Å²) in [6, 6.07) is 5.36. The van der Waals surface area contributed by atoms with E-state index < -0.39 is 55.0 Å². The van der Waals surface area contributed by atoms with Crippen LogP contribution >= 0.6 is 12.6 Å². The van der Waals surface area contributed by atoms with E-state index in [0.717, 1.165) is 5.56 Å². The lowest BCUT2D eigenvalue weighted by Gasteiger charge is -2.19. The van der Waals surface area contributed by atoms with E-state index in [9.17, 15) is 24.3 Å². The van der Waals surface area contributed by atoms with E-state index in [4.69, 9.17) is 10.8 Å². The van der Waals surface area contributed by atoms with Gasteiger partial charge in [0.05, 0.1) is 13.2 Å². The van der Waals surface area contributed by atoms with Crippen LogP contribution in [0.4, 0.5) is 0 Å². The molecular weight excluding hydrogens is 388 g/mol. The van der Waals surface area contributed by atoms with Crippen LogP contribution in [0.25, 0.3) is 0 Å². The lowest BCUT2D eigenvalue weighted by atomic mass is 10.1. The number of carbonyl (C=O) groups excluding carboxylic acids is 3. The number of nitrogens with two attached hydrogens (primary N) is 1. The van der Waals surface area contributed by atoms with Crippen molar-refractivity contribution < 1.29 is 29.4 Å². The molecule has 3 amide bonds. The van der Waals surface area contributed by atoms with Crippen LogP contribution in [-0.4, -0.2) is 70.9 Å². The molecule has 0 aliphatic heterocycles. The van der Waals surface area contributed by atoms with Crippen molar-refractivity contribution in [2.45, 2.75) is 24.5 Å². The second-order valence-electron chi connectivity index (χ2n) is 5.90. The number of rotatable bonds is 11. The average molecular weight is 412 g/mol. The molecule has 3 atom stereocenters. The number of hydrogen-bond donors (Lipinski definition) is 7. The Balaban J connectivity index is 2.55. The number of amides is 3. The molecule has 1 aromatic carbocycles. The quantitative estimate of drug-likeness (QED) is 0.199. The summed E-state index contributed by atoms with van der Waals surface area (Å²) in [4.78, 5) is 47.0. The van der Waals surface area contributed by atoms with Crippen molar-refractivity contribution in [3.05, 3.63) is 35.9 Å². The van der Waals surface area contributed by atoms with Crippen molar-refractivity contribution in [1.82, 2.24) is 16.0 Å². The zero-order valence-corrected chi connectivity index (χ0v) is 15.9. The standard InChI is InChI=1S/C17H24N4O6S/c18-11(8-22)15(24)21-13(9-28)16(25)19-7-14(23)20-12(17(26)27)6-10-4-2-1-3-5-10/h1-5,11-13,22,28H,6-9,18H2,(H,19,25)(H,20,23)(H,21,24)(H,26,27). The highest BCUT2D eigenvalue weighted by atomic mass is 32.1.